The number of thioether (sulfide) groups is 1. The molecule has 16 nitrogen and oxygen atoms in total. The molecule has 1 unspecified atom stereocenters. The van der Waals surface area contributed by atoms with Gasteiger partial charge in [0.2, 0.25) is 17.7 Å². The van der Waals surface area contributed by atoms with Crippen LogP contribution in [0.1, 0.15) is 49.7 Å². The predicted octanol–water partition coefficient (Wildman–Crippen LogP) is 0.966. The van der Waals surface area contributed by atoms with Crippen molar-refractivity contribution in [2.24, 2.45) is 11.5 Å². The van der Waals surface area contributed by atoms with E-state index >= 15 is 0 Å². The standard InChI is InChI=1S/C32H33N7O9S/c1-14(33)26(43)37(15(2)40)18-9-5-17(6-10-18)24-35-13-20(25(42)36-24)27(44)38(28(45)21(34)16-7-11-19(41)12-8-16)22-29(46)39-23(31(47)48)32(3,4)49-30(22)39/h5-14,21-23,30,41H,33-34H2,1-4H3,(H,47,48)(H,35,36,42)/t14-,21?,22+,23-,30+/m0/s1. The highest BCUT2D eigenvalue weighted by Crippen LogP contribution is 2.52. The fraction of sp³-hybridized carbons (Fsp3) is 0.312. The molecule has 2 saturated heterocycles. The van der Waals surface area contributed by atoms with Crippen LogP contribution in [0, 0.1) is 0 Å². The van der Waals surface area contributed by atoms with Gasteiger partial charge < -0.3 is 31.7 Å². The zero-order valence-electron chi connectivity index (χ0n) is 26.7. The number of rotatable bonds is 8. The molecule has 0 radical (unpaired) electrons. The minimum absolute atomic E-state index is 0.0598. The summed E-state index contributed by atoms with van der Waals surface area (Å²) in [6.07, 6.45) is 0.967. The van der Waals surface area contributed by atoms with Gasteiger partial charge in [-0.2, -0.15) is 4.98 Å². The number of nitrogens with two attached hydrogens (primary N) is 2. The van der Waals surface area contributed by atoms with E-state index in [1.54, 1.807) is 13.8 Å². The van der Waals surface area contributed by atoms with Crippen molar-refractivity contribution in [3.05, 3.63) is 65.9 Å². The number of carbonyl (C=O) groups excluding carboxylic acids is 5. The first-order valence-corrected chi connectivity index (χ1v) is 15.8. The van der Waals surface area contributed by atoms with Crippen LogP contribution in [0.4, 0.5) is 5.69 Å². The van der Waals surface area contributed by atoms with E-state index in [1.807, 2.05) is 0 Å². The number of anilines is 1. The Bertz CT molecular complexity index is 1870. The Morgan fingerprint density at radius 2 is 1.59 bits per heavy atom. The first-order valence-electron chi connectivity index (χ1n) is 14.9. The van der Waals surface area contributed by atoms with Crippen molar-refractivity contribution in [2.45, 2.75) is 62.0 Å². The zero-order chi connectivity index (χ0) is 36.1. The Morgan fingerprint density at radius 3 is 2.12 bits per heavy atom. The van der Waals surface area contributed by atoms with Crippen LogP contribution in [0.2, 0.25) is 0 Å². The van der Waals surface area contributed by atoms with E-state index in [4.69, 9.17) is 11.5 Å². The van der Waals surface area contributed by atoms with Gasteiger partial charge in [0.25, 0.3) is 17.7 Å². The molecule has 0 saturated carbocycles. The van der Waals surface area contributed by atoms with Crippen LogP contribution in [0.25, 0.3) is 11.4 Å². The summed E-state index contributed by atoms with van der Waals surface area (Å²) in [6, 6.07) is 6.02. The number of fused-ring (bicyclic) bond motifs is 1. The average Bonchev–Trinajstić information content (AvgIpc) is 3.30. The largest absolute Gasteiger partial charge is 0.508 e. The number of β-lactam (4-membered cyclic amide) rings is 1. The number of phenols is 1. The molecule has 49 heavy (non-hydrogen) atoms. The summed E-state index contributed by atoms with van der Waals surface area (Å²) in [5, 5.41) is 29.6. The fourth-order valence-corrected chi connectivity index (χ4v) is 7.46. The molecule has 7 N–H and O–H groups in total. The SMILES string of the molecule is CC(=O)N(C(=O)[C@H](C)N)c1ccc(-c2ncc(C(=O)N(C(=O)C(N)c3ccc(O)cc3)[C@@H]3C(=O)N4[C@@H]3SC(C)(C)[C@@H]4C(=O)O)c(O)n2)cc1. The number of phenolic OH excluding ortho intramolecular Hbond substituents is 1. The molecular formula is C32H33N7O9S. The number of aromatic nitrogens is 2. The van der Waals surface area contributed by atoms with Crippen LogP contribution in [-0.2, 0) is 24.0 Å². The molecule has 256 valence electrons. The molecule has 1 aromatic heterocycles. The smallest absolute Gasteiger partial charge is 0.327 e. The second kappa shape index (κ2) is 12.9. The van der Waals surface area contributed by atoms with Gasteiger partial charge in [-0.1, -0.05) is 12.1 Å². The number of amides is 5. The number of nitrogens with zero attached hydrogens (tertiary/aromatic N) is 5. The molecule has 0 aliphatic carbocycles. The molecule has 5 rings (SSSR count). The maximum atomic E-state index is 14.1. The number of imide groups is 2. The Balaban J connectivity index is 1.49. The molecule has 0 bridgehead atoms. The van der Waals surface area contributed by atoms with E-state index in [2.05, 4.69) is 9.97 Å². The van der Waals surface area contributed by atoms with Crippen molar-refractivity contribution in [1.29, 1.82) is 0 Å². The lowest BCUT2D eigenvalue weighted by molar-refractivity contribution is -0.166. The summed E-state index contributed by atoms with van der Waals surface area (Å²) in [4.78, 5) is 89.1. The zero-order valence-corrected chi connectivity index (χ0v) is 27.5. The number of benzene rings is 2. The van der Waals surface area contributed by atoms with Crippen molar-refractivity contribution < 1.29 is 44.1 Å². The molecule has 17 heteroatoms. The first kappa shape index (κ1) is 34.9. The Kier molecular flexibility index (Phi) is 9.20. The molecule has 3 heterocycles. The van der Waals surface area contributed by atoms with E-state index in [0.717, 1.165) is 27.8 Å². The molecule has 3 aromatic rings. The van der Waals surface area contributed by atoms with Crippen molar-refractivity contribution >= 4 is 53.0 Å². The van der Waals surface area contributed by atoms with Gasteiger partial charge in [0.15, 0.2) is 5.82 Å². The van der Waals surface area contributed by atoms with E-state index in [-0.39, 0.29) is 22.8 Å². The highest BCUT2D eigenvalue weighted by molar-refractivity contribution is 8.01. The summed E-state index contributed by atoms with van der Waals surface area (Å²) in [5.41, 5.74) is 12.1. The maximum Gasteiger partial charge on any atom is 0.327 e. The van der Waals surface area contributed by atoms with Crippen LogP contribution >= 0.6 is 11.8 Å². The van der Waals surface area contributed by atoms with E-state index in [1.165, 1.54) is 62.4 Å². The lowest BCUT2D eigenvalue weighted by Gasteiger charge is -2.47. The fourth-order valence-electron chi connectivity index (χ4n) is 5.79. The van der Waals surface area contributed by atoms with Crippen LogP contribution < -0.4 is 16.4 Å². The Morgan fingerprint density at radius 1 is 0.980 bits per heavy atom. The Hall–Kier alpha value is -5.39. The van der Waals surface area contributed by atoms with Crippen LogP contribution in [0.5, 0.6) is 11.6 Å². The average molecular weight is 692 g/mol. The summed E-state index contributed by atoms with van der Waals surface area (Å²) >= 11 is 1.10. The summed E-state index contributed by atoms with van der Waals surface area (Å²) < 4.78 is -0.975. The molecular weight excluding hydrogens is 658 g/mol. The van der Waals surface area contributed by atoms with Crippen molar-refractivity contribution in [3.63, 3.8) is 0 Å². The molecule has 2 fully saturated rings. The molecule has 2 aromatic carbocycles. The van der Waals surface area contributed by atoms with Gasteiger partial charge in [-0.05, 0) is 62.7 Å². The van der Waals surface area contributed by atoms with E-state index in [0.29, 0.717) is 10.5 Å². The number of carboxylic acid groups (broad SMARTS) is 1. The predicted molar refractivity (Wildman–Crippen MR) is 175 cm³/mol. The normalized spacial score (nSPS) is 20.4. The van der Waals surface area contributed by atoms with Crippen molar-refractivity contribution in [1.82, 2.24) is 19.8 Å². The quantitative estimate of drug-likeness (QED) is 0.207. The third-order valence-corrected chi connectivity index (χ3v) is 9.76. The molecule has 5 atom stereocenters. The minimum Gasteiger partial charge on any atom is -0.508 e. The first-order chi connectivity index (χ1) is 23.0. The Labute approximate surface area is 283 Å². The van der Waals surface area contributed by atoms with Crippen LogP contribution in [-0.4, -0.2) is 98.8 Å². The van der Waals surface area contributed by atoms with E-state index < -0.39 is 81.2 Å². The summed E-state index contributed by atoms with van der Waals surface area (Å²) in [5.74, 6) is -6.39. The highest BCUT2D eigenvalue weighted by Gasteiger charge is 2.67. The maximum absolute atomic E-state index is 14.1. The second-order valence-electron chi connectivity index (χ2n) is 12.1. The number of aliphatic carboxylic acids is 1. The van der Waals surface area contributed by atoms with Gasteiger partial charge in [0.05, 0.1) is 11.7 Å². The van der Waals surface area contributed by atoms with Gasteiger partial charge >= 0.3 is 5.97 Å². The monoisotopic (exact) mass is 691 g/mol. The van der Waals surface area contributed by atoms with Gasteiger partial charge in [0, 0.05) is 23.4 Å². The lowest BCUT2D eigenvalue weighted by atomic mass is 9.94. The summed E-state index contributed by atoms with van der Waals surface area (Å²) in [7, 11) is 0. The van der Waals surface area contributed by atoms with Crippen LogP contribution in [0.15, 0.2) is 54.7 Å². The van der Waals surface area contributed by atoms with Gasteiger partial charge in [-0.3, -0.25) is 28.9 Å². The third kappa shape index (κ3) is 6.18. The molecule has 2 aliphatic heterocycles. The number of carboxylic acids is 1. The second-order valence-corrected chi connectivity index (χ2v) is 13.9. The number of aromatic hydroxyl groups is 2. The number of carbonyl (C=O) groups is 6. The minimum atomic E-state index is -1.49. The number of hydrogen-bond donors (Lipinski definition) is 5. The van der Waals surface area contributed by atoms with E-state index in [9.17, 15) is 44.1 Å². The molecule has 5 amide bonds. The molecule has 2 aliphatic rings. The van der Waals surface area contributed by atoms with Crippen molar-refractivity contribution in [3.8, 4) is 23.0 Å². The number of hydrogen-bond acceptors (Lipinski definition) is 13. The van der Waals surface area contributed by atoms with Gasteiger partial charge in [0.1, 0.15) is 34.8 Å². The topological polar surface area (TPSA) is 251 Å². The third-order valence-electron chi connectivity index (χ3n) is 8.21. The molecule has 0 spiro atoms. The van der Waals surface area contributed by atoms with Crippen LogP contribution in [0.3, 0.4) is 0 Å². The highest BCUT2D eigenvalue weighted by atomic mass is 32.2. The van der Waals surface area contributed by atoms with Gasteiger partial charge in [-0.15, -0.1) is 11.8 Å². The van der Waals surface area contributed by atoms with Crippen molar-refractivity contribution in [2.75, 3.05) is 4.90 Å². The lowest BCUT2D eigenvalue weighted by Crippen LogP contribution is -2.72. The van der Waals surface area contributed by atoms with Gasteiger partial charge in [-0.25, -0.2) is 14.7 Å². The summed E-state index contributed by atoms with van der Waals surface area (Å²) in [6.45, 7) is 5.92.